The molecule has 2 aromatic rings. The molecule has 1 N–H and O–H groups in total. The van der Waals surface area contributed by atoms with Gasteiger partial charge < -0.3 is 14.6 Å². The fourth-order valence-corrected chi connectivity index (χ4v) is 3.59. The second kappa shape index (κ2) is 7.07. The summed E-state index contributed by atoms with van der Waals surface area (Å²) in [5.41, 5.74) is 3.53. The molecule has 1 aromatic carbocycles. The van der Waals surface area contributed by atoms with Crippen molar-refractivity contribution in [3.8, 4) is 0 Å². The van der Waals surface area contributed by atoms with Crippen LogP contribution in [0.25, 0.3) is 10.9 Å². The summed E-state index contributed by atoms with van der Waals surface area (Å²) in [6, 6.07) is 8.14. The van der Waals surface area contributed by atoms with Crippen LogP contribution in [0.2, 0.25) is 0 Å². The van der Waals surface area contributed by atoms with Crippen molar-refractivity contribution >= 4 is 16.8 Å². The van der Waals surface area contributed by atoms with Crippen LogP contribution < -0.4 is 0 Å². The van der Waals surface area contributed by atoms with E-state index in [9.17, 15) is 18.0 Å². The molecule has 0 bridgehead atoms. The number of para-hydroxylation sites is 1. The van der Waals surface area contributed by atoms with Crippen LogP contribution in [0.1, 0.15) is 30.0 Å². The second-order valence-corrected chi connectivity index (χ2v) is 6.47. The average molecular weight is 354 g/mol. The van der Waals surface area contributed by atoms with E-state index in [-0.39, 0.29) is 5.91 Å². The largest absolute Gasteiger partial charge is 0.411 e. The fraction of sp³-hybridized carbons (Fsp3) is 0.500. The number of carbonyl (C=O) groups excluding carboxylic acids is 1. The van der Waals surface area contributed by atoms with Crippen molar-refractivity contribution in [1.29, 1.82) is 0 Å². The Morgan fingerprint density at radius 3 is 2.64 bits per heavy atom. The minimum atomic E-state index is -4.40. The van der Waals surface area contributed by atoms with Crippen molar-refractivity contribution < 1.29 is 22.7 Å². The number of halogens is 3. The summed E-state index contributed by atoms with van der Waals surface area (Å²) in [6.45, 7) is 1.23. The SMILES string of the molecule is Cc1[nH]c2ccccc2c1C1CCN(C(=O)COCC(F)(F)F)CC1. The standard InChI is InChI=1S/C18H21F3N2O2/c1-12-17(14-4-2-3-5-15(14)22-12)13-6-8-23(9-7-13)16(24)10-25-11-18(19,20)21/h2-5,13,22H,6-11H2,1H3. The van der Waals surface area contributed by atoms with E-state index in [1.165, 1.54) is 10.9 Å². The molecule has 0 radical (unpaired) electrons. The molecule has 0 aliphatic carbocycles. The molecule has 1 amide bonds. The van der Waals surface area contributed by atoms with Gasteiger partial charge >= 0.3 is 6.18 Å². The van der Waals surface area contributed by atoms with Gasteiger partial charge in [-0.1, -0.05) is 18.2 Å². The number of hydrogen-bond donors (Lipinski definition) is 1. The minimum absolute atomic E-state index is 0.344. The van der Waals surface area contributed by atoms with Crippen molar-refractivity contribution in [2.24, 2.45) is 0 Å². The molecule has 136 valence electrons. The lowest BCUT2D eigenvalue weighted by molar-refractivity contribution is -0.178. The van der Waals surface area contributed by atoms with E-state index in [1.54, 1.807) is 4.90 Å². The van der Waals surface area contributed by atoms with Crippen LogP contribution in [0, 0.1) is 6.92 Å². The lowest BCUT2D eigenvalue weighted by atomic mass is 9.87. The van der Waals surface area contributed by atoms with Gasteiger partial charge in [-0.05, 0) is 37.3 Å². The molecule has 3 rings (SSSR count). The number of aromatic nitrogens is 1. The lowest BCUT2D eigenvalue weighted by Crippen LogP contribution is -2.40. The van der Waals surface area contributed by atoms with E-state index < -0.39 is 19.4 Å². The number of nitrogens with one attached hydrogen (secondary N) is 1. The number of nitrogens with zero attached hydrogens (tertiary/aromatic N) is 1. The fourth-order valence-electron chi connectivity index (χ4n) is 3.59. The van der Waals surface area contributed by atoms with Gasteiger partial charge in [-0.3, -0.25) is 4.79 Å². The van der Waals surface area contributed by atoms with Gasteiger partial charge in [-0.2, -0.15) is 13.2 Å². The molecule has 1 aliphatic rings. The molecular weight excluding hydrogens is 333 g/mol. The molecular formula is C18H21F3N2O2. The molecule has 0 unspecified atom stereocenters. The maximum absolute atomic E-state index is 12.1. The molecule has 0 spiro atoms. The highest BCUT2D eigenvalue weighted by Gasteiger charge is 2.30. The molecule has 1 aliphatic heterocycles. The summed E-state index contributed by atoms with van der Waals surface area (Å²) >= 11 is 0. The normalized spacial score (nSPS) is 16.6. The van der Waals surface area contributed by atoms with Crippen LogP contribution >= 0.6 is 0 Å². The van der Waals surface area contributed by atoms with Crippen LogP contribution in [-0.4, -0.2) is 48.3 Å². The van der Waals surface area contributed by atoms with Gasteiger partial charge in [0, 0.05) is 29.7 Å². The summed E-state index contributed by atoms with van der Waals surface area (Å²) in [6.07, 6.45) is -2.80. The Balaban J connectivity index is 1.58. The molecule has 0 saturated carbocycles. The number of ether oxygens (including phenoxy) is 1. The molecule has 25 heavy (non-hydrogen) atoms. The number of amides is 1. The molecule has 1 aromatic heterocycles. The molecule has 2 heterocycles. The van der Waals surface area contributed by atoms with E-state index in [2.05, 4.69) is 22.7 Å². The van der Waals surface area contributed by atoms with Gasteiger partial charge in [0.1, 0.15) is 13.2 Å². The van der Waals surface area contributed by atoms with Crippen LogP contribution in [0.15, 0.2) is 24.3 Å². The Morgan fingerprint density at radius 2 is 1.96 bits per heavy atom. The van der Waals surface area contributed by atoms with Crippen molar-refractivity contribution in [2.75, 3.05) is 26.3 Å². The Bertz CT molecular complexity index is 746. The van der Waals surface area contributed by atoms with Crippen molar-refractivity contribution in [3.63, 3.8) is 0 Å². The predicted octanol–water partition coefficient (Wildman–Crippen LogP) is 3.76. The smallest absolute Gasteiger partial charge is 0.362 e. The molecule has 4 nitrogen and oxygen atoms in total. The van der Waals surface area contributed by atoms with Gasteiger partial charge in [-0.25, -0.2) is 0 Å². The number of aryl methyl sites for hydroxylation is 1. The van der Waals surface area contributed by atoms with Gasteiger partial charge in [-0.15, -0.1) is 0 Å². The number of benzene rings is 1. The Hall–Kier alpha value is -2.02. The third-order valence-electron chi connectivity index (χ3n) is 4.69. The zero-order valence-corrected chi connectivity index (χ0v) is 14.0. The first-order chi connectivity index (χ1) is 11.8. The Morgan fingerprint density at radius 1 is 1.28 bits per heavy atom. The number of hydrogen-bond acceptors (Lipinski definition) is 2. The number of fused-ring (bicyclic) bond motifs is 1. The molecule has 7 heteroatoms. The summed E-state index contributed by atoms with van der Waals surface area (Å²) in [5, 5.41) is 1.21. The summed E-state index contributed by atoms with van der Waals surface area (Å²) in [7, 11) is 0. The van der Waals surface area contributed by atoms with Gasteiger partial charge in [0.2, 0.25) is 5.91 Å². The molecule has 1 fully saturated rings. The minimum Gasteiger partial charge on any atom is -0.362 e. The summed E-state index contributed by atoms with van der Waals surface area (Å²) in [5.74, 6) is -0.0327. The van der Waals surface area contributed by atoms with Crippen LogP contribution in [-0.2, 0) is 9.53 Å². The quantitative estimate of drug-likeness (QED) is 0.909. The first-order valence-electron chi connectivity index (χ1n) is 8.34. The summed E-state index contributed by atoms with van der Waals surface area (Å²) in [4.78, 5) is 17.0. The topological polar surface area (TPSA) is 45.3 Å². The van der Waals surface area contributed by atoms with E-state index >= 15 is 0 Å². The van der Waals surface area contributed by atoms with E-state index in [0.29, 0.717) is 19.0 Å². The van der Waals surface area contributed by atoms with Gasteiger partial charge in [0.25, 0.3) is 0 Å². The van der Waals surface area contributed by atoms with Crippen LogP contribution in [0.4, 0.5) is 13.2 Å². The lowest BCUT2D eigenvalue weighted by Gasteiger charge is -2.32. The van der Waals surface area contributed by atoms with Crippen LogP contribution in [0.5, 0.6) is 0 Å². The van der Waals surface area contributed by atoms with Crippen LogP contribution in [0.3, 0.4) is 0 Å². The zero-order chi connectivity index (χ0) is 18.0. The zero-order valence-electron chi connectivity index (χ0n) is 14.0. The summed E-state index contributed by atoms with van der Waals surface area (Å²) < 4.78 is 40.7. The number of likely N-dealkylation sites (tertiary alicyclic amines) is 1. The number of carbonyl (C=O) groups is 1. The van der Waals surface area contributed by atoms with Crippen molar-refractivity contribution in [2.45, 2.75) is 31.9 Å². The second-order valence-electron chi connectivity index (χ2n) is 6.47. The average Bonchev–Trinajstić information content (AvgIpc) is 2.89. The molecule has 1 saturated heterocycles. The highest BCUT2D eigenvalue weighted by molar-refractivity contribution is 5.85. The Labute approximate surface area is 143 Å². The third kappa shape index (κ3) is 4.15. The van der Waals surface area contributed by atoms with Gasteiger partial charge in [0.15, 0.2) is 0 Å². The van der Waals surface area contributed by atoms with E-state index in [0.717, 1.165) is 24.1 Å². The first kappa shape index (κ1) is 17.8. The van der Waals surface area contributed by atoms with E-state index in [4.69, 9.17) is 0 Å². The number of rotatable bonds is 4. The number of alkyl halides is 3. The highest BCUT2D eigenvalue weighted by Crippen LogP contribution is 2.35. The number of piperidine rings is 1. The van der Waals surface area contributed by atoms with Gasteiger partial charge in [0.05, 0.1) is 0 Å². The van der Waals surface area contributed by atoms with E-state index in [1.807, 2.05) is 18.2 Å². The number of aromatic amines is 1. The maximum Gasteiger partial charge on any atom is 0.411 e. The molecule has 0 atom stereocenters. The predicted molar refractivity (Wildman–Crippen MR) is 88.5 cm³/mol. The Kier molecular flexibility index (Phi) is 5.03. The van der Waals surface area contributed by atoms with Crippen molar-refractivity contribution in [1.82, 2.24) is 9.88 Å². The maximum atomic E-state index is 12.1. The highest BCUT2D eigenvalue weighted by atomic mass is 19.4. The van der Waals surface area contributed by atoms with Crippen molar-refractivity contribution in [3.05, 3.63) is 35.5 Å². The number of H-pyrrole nitrogens is 1. The first-order valence-corrected chi connectivity index (χ1v) is 8.34. The monoisotopic (exact) mass is 354 g/mol. The third-order valence-corrected chi connectivity index (χ3v) is 4.69.